The van der Waals surface area contributed by atoms with Gasteiger partial charge in [-0.25, -0.2) is 0 Å². The highest BCUT2D eigenvalue weighted by Crippen LogP contribution is 2.29. The molecule has 2 aromatic rings. The Morgan fingerprint density at radius 3 is 2.34 bits per heavy atom. The van der Waals surface area contributed by atoms with Gasteiger partial charge in [-0.1, -0.05) is 62.4 Å². The third kappa shape index (κ3) is 7.64. The van der Waals surface area contributed by atoms with Crippen LogP contribution >= 0.6 is 0 Å². The molecule has 0 radical (unpaired) electrons. The number of piperidine rings is 1. The quantitative estimate of drug-likeness (QED) is 0.452. The number of hydrogen-bond acceptors (Lipinski definition) is 4. The zero-order valence-electron chi connectivity index (χ0n) is 20.9. The first-order valence-electron chi connectivity index (χ1n) is 13.3. The maximum Gasteiger partial charge on any atom is 0.251 e. The number of anilines is 1. The van der Waals surface area contributed by atoms with Crippen LogP contribution in [0.1, 0.15) is 84.8 Å². The average Bonchev–Trinajstić information content (AvgIpc) is 3.42. The first-order chi connectivity index (χ1) is 17.1. The van der Waals surface area contributed by atoms with E-state index in [1.165, 1.54) is 44.9 Å². The fraction of sp³-hybridized carbons (Fsp3) is 0.517. The van der Waals surface area contributed by atoms with Crippen LogP contribution < -0.4 is 16.4 Å². The molecule has 2 amide bonds. The number of rotatable bonds is 10. The molecule has 4 rings (SSSR count). The lowest BCUT2D eigenvalue weighted by Gasteiger charge is -2.27. The lowest BCUT2D eigenvalue weighted by molar-refractivity contribution is -0.116. The number of amides is 2. The molecule has 0 unspecified atom stereocenters. The van der Waals surface area contributed by atoms with Crippen molar-refractivity contribution in [1.82, 2.24) is 10.2 Å². The molecule has 2 aliphatic rings. The summed E-state index contributed by atoms with van der Waals surface area (Å²) in [5.41, 5.74) is 10.2. The Morgan fingerprint density at radius 1 is 0.914 bits per heavy atom. The fourth-order valence-electron chi connectivity index (χ4n) is 5.25. The van der Waals surface area contributed by atoms with Crippen molar-refractivity contribution in [3.8, 4) is 0 Å². The Labute approximate surface area is 209 Å². The molecular formula is C29H40N4O2. The predicted octanol–water partition coefficient (Wildman–Crippen LogP) is 4.97. The zero-order chi connectivity index (χ0) is 24.5. The second-order valence-corrected chi connectivity index (χ2v) is 10.1. The lowest BCUT2D eigenvalue weighted by atomic mass is 10.0. The Balaban J connectivity index is 1.42. The van der Waals surface area contributed by atoms with Crippen LogP contribution in [0.25, 0.3) is 0 Å². The molecule has 1 aliphatic heterocycles. The van der Waals surface area contributed by atoms with E-state index in [0.717, 1.165) is 48.4 Å². The second-order valence-electron chi connectivity index (χ2n) is 10.1. The van der Waals surface area contributed by atoms with E-state index in [9.17, 15) is 9.59 Å². The van der Waals surface area contributed by atoms with E-state index in [4.69, 9.17) is 5.73 Å². The van der Waals surface area contributed by atoms with Crippen molar-refractivity contribution in [3.05, 3.63) is 64.7 Å². The molecule has 0 bridgehead atoms. The van der Waals surface area contributed by atoms with Crippen molar-refractivity contribution in [3.63, 3.8) is 0 Å². The standard InChI is InChI=1S/C29H40N4O2/c30-19-23-8-10-24(11-9-23)20-31-29(35)25-13-14-26(21-33-16-4-1-5-17-33)27(18-25)32-28(34)15-12-22-6-2-3-7-22/h8-11,13-14,18,22H,1-7,12,15-17,19-21,30H2,(H,31,35)(H,32,34). The molecule has 6 nitrogen and oxygen atoms in total. The van der Waals surface area contributed by atoms with Crippen LogP contribution in [-0.2, 0) is 24.4 Å². The summed E-state index contributed by atoms with van der Waals surface area (Å²) < 4.78 is 0. The summed E-state index contributed by atoms with van der Waals surface area (Å²) in [5.74, 6) is 0.595. The van der Waals surface area contributed by atoms with Gasteiger partial charge >= 0.3 is 0 Å². The SMILES string of the molecule is NCc1ccc(CNC(=O)c2ccc(CN3CCCCC3)c(NC(=O)CCC3CCCC3)c2)cc1. The van der Waals surface area contributed by atoms with E-state index < -0.39 is 0 Å². The maximum atomic E-state index is 12.9. The van der Waals surface area contributed by atoms with Crippen molar-refractivity contribution >= 4 is 17.5 Å². The number of carbonyl (C=O) groups is 2. The molecule has 0 atom stereocenters. The summed E-state index contributed by atoms with van der Waals surface area (Å²) in [6, 6.07) is 13.7. The first-order valence-corrected chi connectivity index (χ1v) is 13.3. The van der Waals surface area contributed by atoms with E-state index in [-0.39, 0.29) is 11.8 Å². The molecule has 4 N–H and O–H groups in total. The van der Waals surface area contributed by atoms with Gasteiger partial charge in [-0.15, -0.1) is 0 Å². The summed E-state index contributed by atoms with van der Waals surface area (Å²) in [6.45, 7) is 3.92. The summed E-state index contributed by atoms with van der Waals surface area (Å²) in [7, 11) is 0. The third-order valence-electron chi connectivity index (χ3n) is 7.45. The smallest absolute Gasteiger partial charge is 0.251 e. The van der Waals surface area contributed by atoms with Crippen molar-refractivity contribution in [2.45, 2.75) is 77.4 Å². The summed E-state index contributed by atoms with van der Waals surface area (Å²) in [4.78, 5) is 28.2. The maximum absolute atomic E-state index is 12.9. The molecule has 35 heavy (non-hydrogen) atoms. The number of carbonyl (C=O) groups excluding carboxylic acids is 2. The van der Waals surface area contributed by atoms with E-state index in [0.29, 0.717) is 31.0 Å². The van der Waals surface area contributed by atoms with Crippen LogP contribution in [-0.4, -0.2) is 29.8 Å². The summed E-state index contributed by atoms with van der Waals surface area (Å²) in [6.07, 6.45) is 10.3. The van der Waals surface area contributed by atoms with Gasteiger partial charge in [-0.05, 0) is 67.1 Å². The average molecular weight is 477 g/mol. The Bertz CT molecular complexity index is 977. The van der Waals surface area contributed by atoms with Gasteiger partial charge in [0.05, 0.1) is 0 Å². The highest BCUT2D eigenvalue weighted by molar-refractivity contribution is 5.97. The van der Waals surface area contributed by atoms with Gasteiger partial charge in [0.1, 0.15) is 0 Å². The summed E-state index contributed by atoms with van der Waals surface area (Å²) >= 11 is 0. The molecule has 2 fully saturated rings. The van der Waals surface area contributed by atoms with Gasteiger partial charge in [-0.2, -0.15) is 0 Å². The molecule has 188 valence electrons. The molecule has 0 aromatic heterocycles. The van der Waals surface area contributed by atoms with E-state index in [1.54, 1.807) is 0 Å². The monoisotopic (exact) mass is 476 g/mol. The predicted molar refractivity (Wildman–Crippen MR) is 141 cm³/mol. The van der Waals surface area contributed by atoms with E-state index in [2.05, 4.69) is 15.5 Å². The molecule has 1 saturated carbocycles. The third-order valence-corrected chi connectivity index (χ3v) is 7.45. The number of hydrogen-bond donors (Lipinski definition) is 3. The fourth-order valence-corrected chi connectivity index (χ4v) is 5.25. The molecule has 1 saturated heterocycles. The molecule has 0 spiro atoms. The highest BCUT2D eigenvalue weighted by Gasteiger charge is 2.19. The van der Waals surface area contributed by atoms with Crippen LogP contribution in [0.3, 0.4) is 0 Å². The number of likely N-dealkylation sites (tertiary alicyclic amines) is 1. The molecule has 1 heterocycles. The lowest BCUT2D eigenvalue weighted by Crippen LogP contribution is -2.30. The van der Waals surface area contributed by atoms with Gasteiger partial charge in [0, 0.05) is 37.3 Å². The van der Waals surface area contributed by atoms with E-state index >= 15 is 0 Å². The van der Waals surface area contributed by atoms with Gasteiger partial charge < -0.3 is 16.4 Å². The van der Waals surface area contributed by atoms with Crippen LogP contribution in [0, 0.1) is 5.92 Å². The molecule has 2 aromatic carbocycles. The number of nitrogens with one attached hydrogen (secondary N) is 2. The van der Waals surface area contributed by atoms with Crippen molar-refractivity contribution in [2.75, 3.05) is 18.4 Å². The van der Waals surface area contributed by atoms with Crippen LogP contribution in [0.5, 0.6) is 0 Å². The second kappa shape index (κ2) is 12.8. The number of nitrogens with zero attached hydrogens (tertiary/aromatic N) is 1. The normalized spacial score (nSPS) is 16.8. The molecule has 6 heteroatoms. The van der Waals surface area contributed by atoms with Gasteiger partial charge in [0.15, 0.2) is 0 Å². The minimum Gasteiger partial charge on any atom is -0.348 e. The van der Waals surface area contributed by atoms with Crippen molar-refractivity contribution in [1.29, 1.82) is 0 Å². The zero-order valence-corrected chi connectivity index (χ0v) is 20.9. The Kier molecular flexibility index (Phi) is 9.32. The Morgan fingerprint density at radius 2 is 1.63 bits per heavy atom. The largest absolute Gasteiger partial charge is 0.348 e. The van der Waals surface area contributed by atoms with Gasteiger partial charge in [-0.3, -0.25) is 14.5 Å². The Hall–Kier alpha value is -2.70. The first kappa shape index (κ1) is 25.4. The topological polar surface area (TPSA) is 87.5 Å². The van der Waals surface area contributed by atoms with Crippen LogP contribution in [0.2, 0.25) is 0 Å². The van der Waals surface area contributed by atoms with Crippen molar-refractivity contribution < 1.29 is 9.59 Å². The minimum absolute atomic E-state index is 0.0503. The number of nitrogens with two attached hydrogens (primary N) is 1. The van der Waals surface area contributed by atoms with Crippen LogP contribution in [0.4, 0.5) is 5.69 Å². The molecule has 1 aliphatic carbocycles. The van der Waals surface area contributed by atoms with E-state index in [1.807, 2.05) is 42.5 Å². The summed E-state index contributed by atoms with van der Waals surface area (Å²) in [5, 5.41) is 6.15. The molecular weight excluding hydrogens is 436 g/mol. The van der Waals surface area contributed by atoms with Crippen molar-refractivity contribution in [2.24, 2.45) is 11.7 Å². The highest BCUT2D eigenvalue weighted by atomic mass is 16.2. The van der Waals surface area contributed by atoms with Gasteiger partial charge in [0.2, 0.25) is 5.91 Å². The van der Waals surface area contributed by atoms with Gasteiger partial charge in [0.25, 0.3) is 5.91 Å². The van der Waals surface area contributed by atoms with Crippen LogP contribution in [0.15, 0.2) is 42.5 Å². The number of benzene rings is 2. The minimum atomic E-state index is -0.140.